The van der Waals surface area contributed by atoms with Crippen LogP contribution < -0.4 is 0 Å². The normalized spacial score (nSPS) is 12.7. The van der Waals surface area contributed by atoms with Crippen LogP contribution in [0.5, 0.6) is 0 Å². The van der Waals surface area contributed by atoms with Crippen LogP contribution in [0.25, 0.3) is 132 Å². The molecule has 0 bridgehead atoms. The zero-order valence-corrected chi connectivity index (χ0v) is 42.2. The fourth-order valence-corrected chi connectivity index (χ4v) is 11.9. The Morgan fingerprint density at radius 3 is 1.18 bits per heavy atom. The summed E-state index contributed by atoms with van der Waals surface area (Å²) in [5.74, 6) is 1.78. The maximum Gasteiger partial charge on any atom is 0.179 e. The number of nitrogens with zero attached hydrogens (tertiary/aromatic N) is 2. The molecule has 10 aromatic carbocycles. The average Bonchev–Trinajstić information content (AvgIpc) is 4.13. The van der Waals surface area contributed by atoms with Gasteiger partial charge in [0.25, 0.3) is 0 Å². The third-order valence-corrected chi connectivity index (χ3v) is 16.0. The molecule has 0 amide bonds. The third kappa shape index (κ3) is 6.37. The molecule has 0 aliphatic heterocycles. The lowest BCUT2D eigenvalue weighted by Crippen LogP contribution is -1.95. The summed E-state index contributed by atoms with van der Waals surface area (Å²) in [4.78, 5) is 0. The Labute approximate surface area is 418 Å². The van der Waals surface area contributed by atoms with Crippen molar-refractivity contribution in [2.45, 2.75) is 79.1 Å². The first-order valence-electron chi connectivity index (χ1n) is 25.9. The smallest absolute Gasteiger partial charge is 0.179 e. The van der Waals surface area contributed by atoms with Crippen molar-refractivity contribution in [3.05, 3.63) is 192 Å². The molecule has 0 saturated carbocycles. The Bertz CT molecular complexity index is 4440. The Balaban J connectivity index is 0.954. The molecular formula is C68H56N2O2. The van der Waals surface area contributed by atoms with Gasteiger partial charge in [-0.05, 0) is 182 Å². The van der Waals surface area contributed by atoms with Crippen molar-refractivity contribution in [2.24, 2.45) is 0 Å². The van der Waals surface area contributed by atoms with Crippen molar-refractivity contribution in [3.8, 4) is 22.5 Å². The van der Waals surface area contributed by atoms with Crippen molar-refractivity contribution in [1.82, 2.24) is 9.13 Å². The lowest BCUT2D eigenvalue weighted by molar-refractivity contribution is 0.634. The van der Waals surface area contributed by atoms with Crippen LogP contribution in [-0.2, 0) is 0 Å². The Hall–Kier alpha value is -8.08. The van der Waals surface area contributed by atoms with Gasteiger partial charge in [-0.2, -0.15) is 0 Å². The van der Waals surface area contributed by atoms with Crippen LogP contribution in [0.2, 0.25) is 0 Å². The van der Waals surface area contributed by atoms with Crippen LogP contribution >= 0.6 is 0 Å². The number of benzene rings is 10. The van der Waals surface area contributed by atoms with E-state index in [1.54, 1.807) is 0 Å². The topological polar surface area (TPSA) is 36.1 Å². The Morgan fingerprint density at radius 2 is 0.736 bits per heavy atom. The molecule has 350 valence electrons. The maximum atomic E-state index is 7.10. The van der Waals surface area contributed by atoms with Crippen LogP contribution in [0, 0.1) is 0 Å². The molecule has 72 heavy (non-hydrogen) atoms. The molecule has 0 N–H and O–H groups in total. The van der Waals surface area contributed by atoms with Crippen LogP contribution in [0.15, 0.2) is 179 Å². The van der Waals surface area contributed by atoms with Crippen LogP contribution in [0.4, 0.5) is 0 Å². The molecule has 4 aromatic heterocycles. The standard InChI is InChI=1S/C68H56N2O2/c1-37(2)42-16-22-60-53(28-42)54-29-43(38(3)4)17-23-61(54)69(60)50-20-14-46-32-57-58-36-52(41-12-10-9-11-13-41)66-59-33-47-15-21-51(27-49(47)35-65(59)72-68(66)67(58)71-64(57)34-48(46)26-50)70-62-24-18-44(39(5)6)30-55(62)56-31-45(40(7)8)19-25-63(56)70/h9-40H,1-8H3. The molecule has 0 fully saturated rings. The fourth-order valence-electron chi connectivity index (χ4n) is 11.9. The van der Waals surface area contributed by atoms with Gasteiger partial charge in [0, 0.05) is 54.5 Å². The second kappa shape index (κ2) is 15.7. The number of hydrogen-bond acceptors (Lipinski definition) is 2. The van der Waals surface area contributed by atoms with E-state index < -0.39 is 0 Å². The summed E-state index contributed by atoms with van der Waals surface area (Å²) in [6, 6.07) is 63.9. The van der Waals surface area contributed by atoms with Gasteiger partial charge in [0.2, 0.25) is 0 Å². The van der Waals surface area contributed by atoms with Gasteiger partial charge in [-0.1, -0.05) is 122 Å². The third-order valence-electron chi connectivity index (χ3n) is 16.0. The molecule has 0 spiro atoms. The monoisotopic (exact) mass is 932 g/mol. The van der Waals surface area contributed by atoms with E-state index in [2.05, 4.69) is 234 Å². The van der Waals surface area contributed by atoms with Crippen molar-refractivity contribution >= 4 is 109 Å². The Kier molecular flexibility index (Phi) is 9.33. The van der Waals surface area contributed by atoms with E-state index in [0.717, 1.165) is 87.9 Å². The molecule has 14 rings (SSSR count). The summed E-state index contributed by atoms with van der Waals surface area (Å²) < 4.78 is 19.0. The summed E-state index contributed by atoms with van der Waals surface area (Å²) in [7, 11) is 0. The highest BCUT2D eigenvalue weighted by Gasteiger charge is 2.23. The predicted molar refractivity (Wildman–Crippen MR) is 306 cm³/mol. The summed E-state index contributed by atoms with van der Waals surface area (Å²) in [6.07, 6.45) is 0. The van der Waals surface area contributed by atoms with Crippen LogP contribution in [0.1, 0.15) is 101 Å². The molecule has 0 aliphatic carbocycles. The number of fused-ring (bicyclic) bond motifs is 15. The molecular weight excluding hydrogens is 877 g/mol. The number of furan rings is 2. The SMILES string of the molecule is CC(C)c1ccc2c(c1)c1cc(C(C)C)ccc1n2-c1ccc2cc3c(cc2c1)oc1c3cc(-c2ccccc2)c2c3cc4ccc(-n5c6ccc(C(C)C)cc6c6cc(C(C)C)ccc65)cc4cc3oc12. The second-order valence-corrected chi connectivity index (χ2v) is 21.7. The van der Waals surface area contributed by atoms with Gasteiger partial charge in [-0.15, -0.1) is 0 Å². The van der Waals surface area contributed by atoms with E-state index in [1.807, 2.05) is 0 Å². The van der Waals surface area contributed by atoms with Gasteiger partial charge < -0.3 is 18.0 Å². The summed E-state index contributed by atoms with van der Waals surface area (Å²) in [5.41, 5.74) is 18.1. The van der Waals surface area contributed by atoms with Gasteiger partial charge in [-0.25, -0.2) is 0 Å². The molecule has 0 saturated heterocycles. The number of aromatic nitrogens is 2. The largest absolute Gasteiger partial charge is 0.452 e. The quantitative estimate of drug-likeness (QED) is 0.160. The van der Waals surface area contributed by atoms with E-state index in [9.17, 15) is 0 Å². The molecule has 0 atom stereocenters. The van der Waals surface area contributed by atoms with Crippen molar-refractivity contribution < 1.29 is 8.83 Å². The molecule has 4 nitrogen and oxygen atoms in total. The van der Waals surface area contributed by atoms with Gasteiger partial charge >= 0.3 is 0 Å². The van der Waals surface area contributed by atoms with Gasteiger partial charge in [-0.3, -0.25) is 0 Å². The highest BCUT2D eigenvalue weighted by molar-refractivity contribution is 6.26. The van der Waals surface area contributed by atoms with E-state index in [-0.39, 0.29) is 0 Å². The zero-order valence-electron chi connectivity index (χ0n) is 42.2. The van der Waals surface area contributed by atoms with Crippen molar-refractivity contribution in [2.75, 3.05) is 0 Å². The molecule has 0 radical (unpaired) electrons. The van der Waals surface area contributed by atoms with Gasteiger partial charge in [0.1, 0.15) is 11.2 Å². The zero-order chi connectivity index (χ0) is 48.8. The van der Waals surface area contributed by atoms with Gasteiger partial charge in [0.15, 0.2) is 11.2 Å². The second-order valence-electron chi connectivity index (χ2n) is 21.7. The minimum Gasteiger partial charge on any atom is -0.452 e. The minimum atomic E-state index is 0.444. The van der Waals surface area contributed by atoms with Crippen LogP contribution in [-0.4, -0.2) is 9.13 Å². The lowest BCUT2D eigenvalue weighted by Gasteiger charge is -2.11. The van der Waals surface area contributed by atoms with Crippen molar-refractivity contribution in [3.63, 3.8) is 0 Å². The minimum absolute atomic E-state index is 0.444. The molecule has 0 aliphatic rings. The van der Waals surface area contributed by atoms with E-state index in [1.165, 1.54) is 65.9 Å². The first-order chi connectivity index (χ1) is 34.9. The van der Waals surface area contributed by atoms with E-state index >= 15 is 0 Å². The summed E-state index contributed by atoms with van der Waals surface area (Å²) in [6.45, 7) is 18.2. The first kappa shape index (κ1) is 42.8. The molecule has 14 aromatic rings. The molecule has 4 heterocycles. The van der Waals surface area contributed by atoms with E-state index in [4.69, 9.17) is 8.83 Å². The predicted octanol–water partition coefficient (Wildman–Crippen LogP) is 20.1. The summed E-state index contributed by atoms with van der Waals surface area (Å²) >= 11 is 0. The molecule has 4 heteroatoms. The average molecular weight is 933 g/mol. The van der Waals surface area contributed by atoms with Gasteiger partial charge in [0.05, 0.1) is 22.1 Å². The first-order valence-corrected chi connectivity index (χ1v) is 25.9. The fraction of sp³-hybridized carbons (Fsp3) is 0.176. The maximum absolute atomic E-state index is 7.10. The Morgan fingerprint density at radius 1 is 0.319 bits per heavy atom. The summed E-state index contributed by atoms with van der Waals surface area (Å²) in [5, 5.41) is 14.0. The van der Waals surface area contributed by atoms with Crippen LogP contribution in [0.3, 0.4) is 0 Å². The van der Waals surface area contributed by atoms with E-state index in [0.29, 0.717) is 23.7 Å². The highest BCUT2D eigenvalue weighted by Crippen LogP contribution is 2.47. The number of rotatable bonds is 7. The molecule has 0 unspecified atom stereocenters. The number of hydrogen-bond donors (Lipinski definition) is 0. The van der Waals surface area contributed by atoms with Crippen molar-refractivity contribution in [1.29, 1.82) is 0 Å². The lowest BCUT2D eigenvalue weighted by atomic mass is 9.95. The highest BCUT2D eigenvalue weighted by atomic mass is 16.4.